The van der Waals surface area contributed by atoms with Gasteiger partial charge in [-0.05, 0) is 38.2 Å². The lowest BCUT2D eigenvalue weighted by Gasteiger charge is -2.58. The maximum Gasteiger partial charge on any atom is 0.343 e. The van der Waals surface area contributed by atoms with Crippen molar-refractivity contribution in [1.82, 2.24) is 0 Å². The number of hydrogen-bond acceptors (Lipinski definition) is 3. The average molecular weight is 288 g/mol. The van der Waals surface area contributed by atoms with Crippen molar-refractivity contribution in [2.24, 2.45) is 11.8 Å². The Balaban J connectivity index is 2.02. The first-order valence-corrected chi connectivity index (χ1v) is 7.90. The van der Waals surface area contributed by atoms with Crippen LogP contribution in [0.5, 0.6) is 0 Å². The van der Waals surface area contributed by atoms with Crippen LogP contribution < -0.4 is 0 Å². The summed E-state index contributed by atoms with van der Waals surface area (Å²) in [4.78, 5) is 12.8. The predicted molar refractivity (Wildman–Crippen MR) is 80.7 cm³/mol. The van der Waals surface area contributed by atoms with Crippen LogP contribution in [0.3, 0.4) is 0 Å². The van der Waals surface area contributed by atoms with Crippen LogP contribution in [-0.2, 0) is 19.9 Å². The molecule has 3 atom stereocenters. The number of fused-ring (bicyclic) bond motifs is 1. The zero-order valence-corrected chi connectivity index (χ0v) is 13.1. The van der Waals surface area contributed by atoms with Gasteiger partial charge < -0.3 is 9.47 Å². The predicted octanol–water partition coefficient (Wildman–Crippen LogP) is 3.67. The molecule has 2 heterocycles. The highest BCUT2D eigenvalue weighted by Gasteiger charge is 2.66. The first-order valence-electron chi connectivity index (χ1n) is 7.90. The molecule has 2 aliphatic rings. The van der Waals surface area contributed by atoms with E-state index >= 15 is 0 Å². The van der Waals surface area contributed by atoms with Crippen molar-refractivity contribution < 1.29 is 14.3 Å². The van der Waals surface area contributed by atoms with Crippen LogP contribution in [-0.4, -0.2) is 18.2 Å². The minimum Gasteiger partial charge on any atom is -0.463 e. The number of cyclic esters (lactones) is 1. The van der Waals surface area contributed by atoms with Gasteiger partial charge in [0.1, 0.15) is 0 Å². The monoisotopic (exact) mass is 288 g/mol. The number of hydrogen-bond donors (Lipinski definition) is 0. The SMILES string of the molecule is C[C@H]1CCOC(=O)[C@]2(c3ccccc3)OC(C)(C)[C@@H]2CC1. The van der Waals surface area contributed by atoms with E-state index in [0.29, 0.717) is 12.5 Å². The molecule has 0 radical (unpaired) electrons. The van der Waals surface area contributed by atoms with Gasteiger partial charge in [0.15, 0.2) is 5.60 Å². The van der Waals surface area contributed by atoms with E-state index in [1.807, 2.05) is 30.3 Å². The Morgan fingerprint density at radius 2 is 1.81 bits per heavy atom. The van der Waals surface area contributed by atoms with E-state index in [1.54, 1.807) is 0 Å². The lowest BCUT2D eigenvalue weighted by atomic mass is 9.64. The largest absolute Gasteiger partial charge is 0.463 e. The van der Waals surface area contributed by atoms with E-state index < -0.39 is 5.60 Å². The molecule has 0 aliphatic carbocycles. The van der Waals surface area contributed by atoms with E-state index in [1.165, 1.54) is 0 Å². The zero-order chi connectivity index (χ0) is 15.1. The van der Waals surface area contributed by atoms with Crippen LogP contribution in [0, 0.1) is 11.8 Å². The van der Waals surface area contributed by atoms with Crippen molar-refractivity contribution in [3.63, 3.8) is 0 Å². The van der Waals surface area contributed by atoms with Crippen LogP contribution in [0.25, 0.3) is 0 Å². The van der Waals surface area contributed by atoms with Gasteiger partial charge >= 0.3 is 5.97 Å². The summed E-state index contributed by atoms with van der Waals surface area (Å²) in [6.45, 7) is 6.88. The summed E-state index contributed by atoms with van der Waals surface area (Å²) in [5.41, 5.74) is -0.262. The third-order valence-corrected chi connectivity index (χ3v) is 5.05. The number of rotatable bonds is 1. The van der Waals surface area contributed by atoms with Crippen LogP contribution in [0.1, 0.15) is 45.6 Å². The van der Waals surface area contributed by atoms with Gasteiger partial charge in [-0.3, -0.25) is 0 Å². The van der Waals surface area contributed by atoms with Crippen molar-refractivity contribution in [2.45, 2.75) is 51.2 Å². The van der Waals surface area contributed by atoms with Gasteiger partial charge in [0.25, 0.3) is 0 Å². The molecule has 114 valence electrons. The molecule has 0 amide bonds. The Bertz CT molecular complexity index is 523. The molecule has 0 N–H and O–H groups in total. The number of carbonyl (C=O) groups is 1. The summed E-state index contributed by atoms with van der Waals surface area (Å²) in [6.07, 6.45) is 3.05. The van der Waals surface area contributed by atoms with Crippen LogP contribution >= 0.6 is 0 Å². The van der Waals surface area contributed by atoms with Gasteiger partial charge in [-0.25, -0.2) is 4.79 Å². The van der Waals surface area contributed by atoms with Gasteiger partial charge in [-0.15, -0.1) is 0 Å². The second-order valence-corrected chi connectivity index (χ2v) is 6.97. The van der Waals surface area contributed by atoms with E-state index in [-0.39, 0.29) is 17.5 Å². The standard InChI is InChI=1S/C18H24O3/c1-13-9-10-15-17(2,3)21-18(15,16(19)20-12-11-13)14-7-5-4-6-8-14/h4-8,13,15H,9-12H2,1-3H3/t13-,15+,18-/m1/s1. The maximum atomic E-state index is 12.8. The fourth-order valence-electron chi connectivity index (χ4n) is 3.84. The fraction of sp³-hybridized carbons (Fsp3) is 0.611. The Morgan fingerprint density at radius 1 is 1.10 bits per heavy atom. The Kier molecular flexibility index (Phi) is 3.56. The summed E-state index contributed by atoms with van der Waals surface area (Å²) >= 11 is 0. The van der Waals surface area contributed by atoms with Crippen LogP contribution in [0.15, 0.2) is 30.3 Å². The topological polar surface area (TPSA) is 35.5 Å². The molecular weight excluding hydrogens is 264 g/mol. The Morgan fingerprint density at radius 3 is 2.48 bits per heavy atom. The highest BCUT2D eigenvalue weighted by molar-refractivity contribution is 5.83. The smallest absolute Gasteiger partial charge is 0.343 e. The number of carbonyl (C=O) groups excluding carboxylic acids is 1. The normalized spacial score (nSPS) is 35.5. The zero-order valence-electron chi connectivity index (χ0n) is 13.1. The molecule has 1 aromatic rings. The van der Waals surface area contributed by atoms with Crippen molar-refractivity contribution in [1.29, 1.82) is 0 Å². The van der Waals surface area contributed by atoms with Crippen LogP contribution in [0.4, 0.5) is 0 Å². The Hall–Kier alpha value is -1.35. The molecule has 0 aromatic heterocycles. The molecule has 0 bridgehead atoms. The summed E-state index contributed by atoms with van der Waals surface area (Å²) < 4.78 is 11.7. The molecule has 3 rings (SSSR count). The molecule has 0 unspecified atom stereocenters. The van der Waals surface area contributed by atoms with E-state index in [4.69, 9.17) is 9.47 Å². The molecule has 0 saturated carbocycles. The highest BCUT2D eigenvalue weighted by atomic mass is 16.6. The van der Waals surface area contributed by atoms with Crippen LogP contribution in [0.2, 0.25) is 0 Å². The molecule has 2 aliphatic heterocycles. The minimum atomic E-state index is -0.908. The first kappa shape index (κ1) is 14.6. The molecule has 0 spiro atoms. The molecule has 3 nitrogen and oxygen atoms in total. The Labute approximate surface area is 126 Å². The maximum absolute atomic E-state index is 12.8. The number of ether oxygens (including phenoxy) is 2. The fourth-order valence-corrected chi connectivity index (χ4v) is 3.84. The molecule has 21 heavy (non-hydrogen) atoms. The second kappa shape index (κ2) is 5.13. The minimum absolute atomic E-state index is 0.167. The van der Waals surface area contributed by atoms with Crippen molar-refractivity contribution >= 4 is 5.97 Å². The van der Waals surface area contributed by atoms with Gasteiger partial charge in [-0.2, -0.15) is 0 Å². The summed E-state index contributed by atoms with van der Waals surface area (Å²) in [6, 6.07) is 9.83. The summed E-state index contributed by atoms with van der Waals surface area (Å²) in [5.74, 6) is 0.536. The summed E-state index contributed by atoms with van der Waals surface area (Å²) in [5, 5.41) is 0. The second-order valence-electron chi connectivity index (χ2n) is 6.97. The van der Waals surface area contributed by atoms with E-state index in [9.17, 15) is 4.79 Å². The average Bonchev–Trinajstić information content (AvgIpc) is 2.49. The number of esters is 1. The van der Waals surface area contributed by atoms with Crippen molar-refractivity contribution in [2.75, 3.05) is 6.61 Å². The third kappa shape index (κ3) is 2.28. The van der Waals surface area contributed by atoms with E-state index in [0.717, 1.165) is 24.8 Å². The van der Waals surface area contributed by atoms with E-state index in [2.05, 4.69) is 20.8 Å². The highest BCUT2D eigenvalue weighted by Crippen LogP contribution is 2.56. The third-order valence-electron chi connectivity index (χ3n) is 5.05. The molecular formula is C18H24O3. The van der Waals surface area contributed by atoms with Gasteiger partial charge in [0.2, 0.25) is 0 Å². The quantitative estimate of drug-likeness (QED) is 0.740. The molecule has 2 saturated heterocycles. The van der Waals surface area contributed by atoms with Crippen molar-refractivity contribution in [3.05, 3.63) is 35.9 Å². The van der Waals surface area contributed by atoms with Crippen molar-refractivity contribution in [3.8, 4) is 0 Å². The number of benzene rings is 1. The molecule has 2 fully saturated rings. The summed E-state index contributed by atoms with van der Waals surface area (Å²) in [7, 11) is 0. The molecule has 1 aromatic carbocycles. The first-order chi connectivity index (χ1) is 9.97. The van der Waals surface area contributed by atoms with Gasteiger partial charge in [0.05, 0.1) is 12.2 Å². The molecule has 3 heteroatoms. The van der Waals surface area contributed by atoms with Gasteiger partial charge in [0, 0.05) is 5.92 Å². The lowest BCUT2D eigenvalue weighted by molar-refractivity contribution is -0.313. The lowest BCUT2D eigenvalue weighted by Crippen LogP contribution is -2.67. The van der Waals surface area contributed by atoms with Gasteiger partial charge in [-0.1, -0.05) is 43.7 Å².